The molecule has 0 fully saturated rings. The fourth-order valence-corrected chi connectivity index (χ4v) is 5.06. The lowest BCUT2D eigenvalue weighted by atomic mass is 10.1. The van der Waals surface area contributed by atoms with Gasteiger partial charge < -0.3 is 24.4 Å². The first kappa shape index (κ1) is 45.0. The largest absolute Gasteiger partial charge is 0.469 e. The molecule has 0 rings (SSSR count). The maximum absolute atomic E-state index is 12.3. The van der Waals surface area contributed by atoms with Crippen molar-refractivity contribution >= 4 is 19.8 Å². The molecule has 1 atom stereocenters. The first-order valence-corrected chi connectivity index (χ1v) is 19.6. The molecule has 0 radical (unpaired) electrons. The topological polar surface area (TPSA) is 140 Å². The van der Waals surface area contributed by atoms with Gasteiger partial charge in [-0.25, -0.2) is 4.57 Å². The number of hydrogen-bond acceptors (Lipinski definition) is 7. The Hall–Kier alpha value is -2.03. The molecule has 0 unspecified atom stereocenters. The summed E-state index contributed by atoms with van der Waals surface area (Å²) in [6, 6.07) is 0. The van der Waals surface area contributed by atoms with Crippen molar-refractivity contribution in [2.45, 2.75) is 154 Å². The third-order valence-corrected chi connectivity index (χ3v) is 7.89. The number of ether oxygens (including phenoxy) is 2. The van der Waals surface area contributed by atoms with Crippen LogP contribution in [-0.2, 0) is 28.2 Å². The number of aliphatic hydroxyl groups is 1. The molecule has 9 nitrogen and oxygen atoms in total. The molecule has 47 heavy (non-hydrogen) atoms. The fourth-order valence-electron chi connectivity index (χ4n) is 4.70. The molecule has 272 valence electrons. The van der Waals surface area contributed by atoms with Crippen LogP contribution in [0.4, 0.5) is 0 Å². The van der Waals surface area contributed by atoms with Gasteiger partial charge in [0.25, 0.3) is 0 Å². The lowest BCUT2D eigenvalue weighted by Crippen LogP contribution is -2.29. The van der Waals surface area contributed by atoms with Gasteiger partial charge in [0.2, 0.25) is 0 Å². The minimum Gasteiger partial charge on any atom is -0.462 e. The van der Waals surface area contributed by atoms with Crippen molar-refractivity contribution in [3.8, 4) is 0 Å². The minimum atomic E-state index is -4.76. The van der Waals surface area contributed by atoms with Gasteiger partial charge in [0.15, 0.2) is 6.10 Å². The lowest BCUT2D eigenvalue weighted by molar-refractivity contribution is -0.161. The number of carbonyl (C=O) groups is 2. The van der Waals surface area contributed by atoms with E-state index in [9.17, 15) is 14.2 Å². The van der Waals surface area contributed by atoms with E-state index in [1.165, 1.54) is 44.9 Å². The molecular formula is C37H65O9P. The van der Waals surface area contributed by atoms with Gasteiger partial charge in [-0.3, -0.25) is 14.1 Å². The van der Waals surface area contributed by atoms with Crippen LogP contribution in [0.5, 0.6) is 0 Å². The zero-order valence-corrected chi connectivity index (χ0v) is 30.0. The van der Waals surface area contributed by atoms with Crippen molar-refractivity contribution in [3.05, 3.63) is 48.6 Å². The zero-order valence-electron chi connectivity index (χ0n) is 29.1. The van der Waals surface area contributed by atoms with Crippen LogP contribution in [0.1, 0.15) is 148 Å². The number of aliphatic hydroxyl groups excluding tert-OH is 1. The fraction of sp³-hybridized carbons (Fsp3) is 0.730. The van der Waals surface area contributed by atoms with Crippen LogP contribution < -0.4 is 0 Å². The summed E-state index contributed by atoms with van der Waals surface area (Å²) in [7, 11) is -4.76. The van der Waals surface area contributed by atoms with Crippen LogP contribution in [0.25, 0.3) is 0 Å². The molecule has 0 aromatic rings. The first-order valence-electron chi connectivity index (χ1n) is 18.0. The molecule has 0 aliphatic rings. The van der Waals surface area contributed by atoms with Gasteiger partial charge >= 0.3 is 19.8 Å². The highest BCUT2D eigenvalue weighted by Gasteiger charge is 2.22. The molecule has 3 N–H and O–H groups in total. The summed E-state index contributed by atoms with van der Waals surface area (Å²) in [5.74, 6) is -0.968. The second-order valence-electron chi connectivity index (χ2n) is 11.9. The predicted molar refractivity (Wildman–Crippen MR) is 190 cm³/mol. The molecule has 0 aromatic carbocycles. The Balaban J connectivity index is 4.08. The monoisotopic (exact) mass is 684 g/mol. The summed E-state index contributed by atoms with van der Waals surface area (Å²) in [6.07, 6.45) is 37.1. The average Bonchev–Trinajstić information content (AvgIpc) is 3.03. The van der Waals surface area contributed by atoms with Crippen LogP contribution in [0, 0.1) is 0 Å². The van der Waals surface area contributed by atoms with Gasteiger partial charge in [-0.2, -0.15) is 0 Å². The zero-order chi connectivity index (χ0) is 34.7. The van der Waals surface area contributed by atoms with E-state index < -0.39 is 32.5 Å². The Morgan fingerprint density at radius 3 is 1.60 bits per heavy atom. The number of allylic oxidation sites excluding steroid dienone is 8. The van der Waals surface area contributed by atoms with E-state index in [0.29, 0.717) is 19.3 Å². The number of unbranched alkanes of at least 4 members (excludes halogenated alkanes) is 14. The van der Waals surface area contributed by atoms with Gasteiger partial charge in [-0.1, -0.05) is 126 Å². The maximum atomic E-state index is 12.3. The quantitative estimate of drug-likeness (QED) is 0.0267. The number of hydrogen-bond donors (Lipinski definition) is 3. The molecule has 0 aromatic heterocycles. The van der Waals surface area contributed by atoms with Crippen molar-refractivity contribution in [3.63, 3.8) is 0 Å². The Morgan fingerprint density at radius 2 is 1.06 bits per heavy atom. The molecular weight excluding hydrogens is 619 g/mol. The Kier molecular flexibility index (Phi) is 32.4. The van der Waals surface area contributed by atoms with Crippen molar-refractivity contribution in [2.75, 3.05) is 19.8 Å². The Bertz CT molecular complexity index is 908. The normalized spacial score (nSPS) is 13.0. The van der Waals surface area contributed by atoms with Crippen molar-refractivity contribution < 1.29 is 43.0 Å². The van der Waals surface area contributed by atoms with E-state index in [-0.39, 0.29) is 26.1 Å². The maximum Gasteiger partial charge on any atom is 0.469 e. The van der Waals surface area contributed by atoms with Gasteiger partial charge in [0.1, 0.15) is 6.61 Å². The molecule has 0 aliphatic heterocycles. The summed E-state index contributed by atoms with van der Waals surface area (Å²) >= 11 is 0. The van der Waals surface area contributed by atoms with Crippen LogP contribution in [0.2, 0.25) is 0 Å². The smallest absolute Gasteiger partial charge is 0.462 e. The van der Waals surface area contributed by atoms with Gasteiger partial charge in [-0.15, -0.1) is 0 Å². The molecule has 0 bridgehead atoms. The molecule has 10 heteroatoms. The third-order valence-electron chi connectivity index (χ3n) is 7.41. The second-order valence-corrected chi connectivity index (χ2v) is 13.2. The van der Waals surface area contributed by atoms with Crippen molar-refractivity contribution in [1.82, 2.24) is 0 Å². The van der Waals surface area contributed by atoms with Gasteiger partial charge in [-0.05, 0) is 57.8 Å². The lowest BCUT2D eigenvalue weighted by Gasteiger charge is -2.18. The number of phosphoric ester groups is 1. The number of phosphoric acid groups is 1. The highest BCUT2D eigenvalue weighted by atomic mass is 31.2. The van der Waals surface area contributed by atoms with E-state index in [1.54, 1.807) is 0 Å². The van der Waals surface area contributed by atoms with Crippen molar-refractivity contribution in [1.29, 1.82) is 0 Å². The van der Waals surface area contributed by atoms with E-state index in [2.05, 4.69) is 54.0 Å². The van der Waals surface area contributed by atoms with Crippen LogP contribution in [0.15, 0.2) is 48.6 Å². The van der Waals surface area contributed by atoms with E-state index >= 15 is 0 Å². The summed E-state index contributed by atoms with van der Waals surface area (Å²) in [5, 5.41) is 8.76. The predicted octanol–water partition coefficient (Wildman–Crippen LogP) is 9.37. The van der Waals surface area contributed by atoms with E-state index in [4.69, 9.17) is 24.4 Å². The number of esters is 2. The molecule has 0 saturated carbocycles. The number of rotatable bonds is 33. The summed E-state index contributed by atoms with van der Waals surface area (Å²) in [5.41, 5.74) is 0. The second kappa shape index (κ2) is 33.9. The summed E-state index contributed by atoms with van der Waals surface area (Å²) in [4.78, 5) is 42.5. The molecule has 0 heterocycles. The van der Waals surface area contributed by atoms with E-state index in [1.807, 2.05) is 6.08 Å². The molecule has 0 aliphatic carbocycles. The summed E-state index contributed by atoms with van der Waals surface area (Å²) in [6.45, 7) is 1.62. The number of carbonyl (C=O) groups excluding carboxylic acids is 2. The minimum absolute atomic E-state index is 0.181. The van der Waals surface area contributed by atoms with Crippen LogP contribution in [0.3, 0.4) is 0 Å². The standard InChI is InChI=1S/C37H65O9P/c1-2-3-4-5-6-7-15-19-22-25-28-31-37(40)46-35(34-45-47(41,42)43)33-44-36(39)30-27-24-21-18-16-13-11-9-8-10-12-14-17-20-23-26-29-32-38/h8,10-11,13-14,17-18,21,35,38H,2-7,9,12,15-16,19-20,22-34H2,1H3,(H2,41,42,43)/b10-8-,13-11-,17-14-,21-18-/t35-/m1/s1. The van der Waals surface area contributed by atoms with Crippen LogP contribution >= 0.6 is 7.82 Å². The summed E-state index contributed by atoms with van der Waals surface area (Å²) < 4.78 is 26.2. The molecule has 0 saturated heterocycles. The highest BCUT2D eigenvalue weighted by Crippen LogP contribution is 2.35. The Labute approximate surface area is 285 Å². The molecule has 0 amide bonds. The first-order chi connectivity index (χ1) is 22.8. The Morgan fingerprint density at radius 1 is 0.596 bits per heavy atom. The van der Waals surface area contributed by atoms with Crippen LogP contribution in [-0.4, -0.2) is 52.8 Å². The van der Waals surface area contributed by atoms with Gasteiger partial charge in [0, 0.05) is 19.4 Å². The van der Waals surface area contributed by atoms with E-state index in [0.717, 1.165) is 64.2 Å². The highest BCUT2D eigenvalue weighted by molar-refractivity contribution is 7.46. The third kappa shape index (κ3) is 36.7. The SMILES string of the molecule is CCCCCCCCCCCCCC(=O)O[C@H](COC(=O)CCC/C=C\C/C=C\C/C=C\C/C=C\CCCCCO)COP(=O)(O)O. The molecule has 0 spiro atoms. The van der Waals surface area contributed by atoms with Gasteiger partial charge in [0.05, 0.1) is 6.61 Å². The van der Waals surface area contributed by atoms with Crippen molar-refractivity contribution in [2.24, 2.45) is 0 Å². The average molecular weight is 685 g/mol.